The second-order valence-corrected chi connectivity index (χ2v) is 18.6. The smallest absolute Gasteiger partial charge is 0.252 e. The Balaban J connectivity index is 1.01. The van der Waals surface area contributed by atoms with Gasteiger partial charge in [0.05, 0.1) is 5.41 Å². The summed E-state index contributed by atoms with van der Waals surface area (Å²) < 4.78 is 0. The quantitative estimate of drug-likeness (QED) is 0.161. The van der Waals surface area contributed by atoms with E-state index in [1.54, 1.807) is 0 Å². The first-order valence-electron chi connectivity index (χ1n) is 24.1. The number of fused-ring (bicyclic) bond motifs is 14. The van der Waals surface area contributed by atoms with Crippen LogP contribution in [-0.2, 0) is 5.41 Å². The van der Waals surface area contributed by atoms with Crippen molar-refractivity contribution in [3.8, 4) is 56.4 Å². The Bertz CT molecular complexity index is 3860. The molecule has 15 rings (SSSR count). The van der Waals surface area contributed by atoms with Gasteiger partial charge in [0, 0.05) is 50.8 Å². The molecule has 11 aromatic rings. The molecule has 4 aliphatic rings. The molecule has 0 saturated heterocycles. The Kier molecular flexibility index (Phi) is 8.31. The van der Waals surface area contributed by atoms with Gasteiger partial charge < -0.3 is 9.80 Å². The van der Waals surface area contributed by atoms with E-state index in [-0.39, 0.29) is 6.71 Å². The third-order valence-corrected chi connectivity index (χ3v) is 15.1. The van der Waals surface area contributed by atoms with Crippen molar-refractivity contribution in [2.24, 2.45) is 0 Å². The van der Waals surface area contributed by atoms with Crippen molar-refractivity contribution in [1.82, 2.24) is 15.0 Å². The molecule has 2 aliphatic carbocycles. The zero-order valence-electron chi connectivity index (χ0n) is 37.9. The lowest BCUT2D eigenvalue weighted by molar-refractivity contribution is 0.794. The van der Waals surface area contributed by atoms with Crippen LogP contribution < -0.4 is 26.2 Å². The van der Waals surface area contributed by atoms with E-state index in [0.29, 0.717) is 17.5 Å². The summed E-state index contributed by atoms with van der Waals surface area (Å²) in [5, 5.41) is 0. The molecule has 0 amide bonds. The molecule has 70 heavy (non-hydrogen) atoms. The SMILES string of the molecule is c1ccc(-c2nc(-c3ccccc3)nc(-c3ccc4c(c3)C3(c5ccccc5-4)c4ccccc4-c4cc5c(cc43)N(c3ccccc3)c3cccc4c3B5c3ccccc3N4c3ccccc3)n2)cc1. The minimum absolute atomic E-state index is 0.0115. The van der Waals surface area contributed by atoms with Crippen LogP contribution in [0.15, 0.2) is 243 Å². The van der Waals surface area contributed by atoms with Gasteiger partial charge in [0.1, 0.15) is 0 Å². The normalized spacial score (nSPS) is 15.1. The van der Waals surface area contributed by atoms with Crippen molar-refractivity contribution < 1.29 is 0 Å². The Morgan fingerprint density at radius 1 is 0.300 bits per heavy atom. The molecular formula is C64H40BN5. The van der Waals surface area contributed by atoms with E-state index in [0.717, 1.165) is 28.1 Å². The van der Waals surface area contributed by atoms with Crippen LogP contribution in [0.5, 0.6) is 0 Å². The minimum atomic E-state index is -0.639. The van der Waals surface area contributed by atoms with Crippen LogP contribution in [0, 0.1) is 0 Å². The van der Waals surface area contributed by atoms with Gasteiger partial charge in [0.2, 0.25) is 0 Å². The third-order valence-electron chi connectivity index (χ3n) is 15.1. The van der Waals surface area contributed by atoms with E-state index in [9.17, 15) is 0 Å². The molecule has 1 unspecified atom stereocenters. The van der Waals surface area contributed by atoms with Crippen molar-refractivity contribution in [1.29, 1.82) is 0 Å². The molecule has 0 fully saturated rings. The van der Waals surface area contributed by atoms with Crippen molar-refractivity contribution in [2.75, 3.05) is 9.80 Å². The summed E-state index contributed by atoms with van der Waals surface area (Å²) in [5.74, 6) is 1.93. The van der Waals surface area contributed by atoms with Gasteiger partial charge in [-0.15, -0.1) is 0 Å². The van der Waals surface area contributed by atoms with Gasteiger partial charge in [-0.05, 0) is 115 Å². The summed E-state index contributed by atoms with van der Waals surface area (Å²) in [5.41, 5.74) is 23.2. The molecule has 2 aliphatic heterocycles. The lowest BCUT2D eigenvalue weighted by Gasteiger charge is -2.44. The highest BCUT2D eigenvalue weighted by molar-refractivity contribution is 7.00. The molecule has 1 spiro atoms. The fourth-order valence-electron chi connectivity index (χ4n) is 12.3. The van der Waals surface area contributed by atoms with Crippen molar-refractivity contribution in [3.63, 3.8) is 0 Å². The molecular weight excluding hydrogens is 850 g/mol. The fourth-order valence-corrected chi connectivity index (χ4v) is 12.3. The van der Waals surface area contributed by atoms with Crippen LogP contribution in [-0.4, -0.2) is 21.7 Å². The summed E-state index contributed by atoms with van der Waals surface area (Å²) in [6.45, 7) is -0.0115. The number of anilines is 6. The Labute approximate surface area is 406 Å². The zero-order chi connectivity index (χ0) is 45.9. The summed E-state index contributed by atoms with van der Waals surface area (Å²) in [6, 6.07) is 88.3. The first kappa shape index (κ1) is 38.9. The van der Waals surface area contributed by atoms with Gasteiger partial charge in [0.25, 0.3) is 6.71 Å². The van der Waals surface area contributed by atoms with Crippen molar-refractivity contribution in [2.45, 2.75) is 5.41 Å². The zero-order valence-corrected chi connectivity index (χ0v) is 37.9. The second kappa shape index (κ2) is 14.9. The number of hydrogen-bond donors (Lipinski definition) is 0. The van der Waals surface area contributed by atoms with Gasteiger partial charge in [-0.25, -0.2) is 15.0 Å². The summed E-state index contributed by atoms with van der Waals surface area (Å²) in [7, 11) is 0. The molecule has 3 heterocycles. The average molecular weight is 890 g/mol. The Hall–Kier alpha value is -9.13. The maximum atomic E-state index is 5.24. The molecule has 5 nitrogen and oxygen atoms in total. The fraction of sp³-hybridized carbons (Fsp3) is 0.0156. The van der Waals surface area contributed by atoms with E-state index < -0.39 is 5.41 Å². The Morgan fingerprint density at radius 3 is 1.37 bits per heavy atom. The number of rotatable bonds is 5. The van der Waals surface area contributed by atoms with Crippen LogP contribution in [0.1, 0.15) is 22.3 Å². The maximum absolute atomic E-state index is 5.24. The molecule has 0 bridgehead atoms. The van der Waals surface area contributed by atoms with Gasteiger partial charge in [-0.3, -0.25) is 0 Å². The molecule has 0 radical (unpaired) electrons. The molecule has 1 aromatic heterocycles. The predicted molar refractivity (Wildman–Crippen MR) is 286 cm³/mol. The predicted octanol–water partition coefficient (Wildman–Crippen LogP) is 13.3. The monoisotopic (exact) mass is 889 g/mol. The van der Waals surface area contributed by atoms with Gasteiger partial charge >= 0.3 is 0 Å². The van der Waals surface area contributed by atoms with Crippen LogP contribution in [0.2, 0.25) is 0 Å². The number of aromatic nitrogens is 3. The molecule has 0 saturated carbocycles. The Morgan fingerprint density at radius 2 is 0.757 bits per heavy atom. The highest BCUT2D eigenvalue weighted by Gasteiger charge is 2.53. The maximum Gasteiger partial charge on any atom is 0.252 e. The van der Waals surface area contributed by atoms with Gasteiger partial charge in [0.15, 0.2) is 17.5 Å². The first-order valence-corrected chi connectivity index (χ1v) is 24.1. The largest absolute Gasteiger partial charge is 0.311 e. The molecule has 324 valence electrons. The van der Waals surface area contributed by atoms with Gasteiger partial charge in [-0.1, -0.05) is 188 Å². The first-order chi connectivity index (χ1) is 34.7. The topological polar surface area (TPSA) is 45.2 Å². The number of nitrogens with zero attached hydrogens (tertiary/aromatic N) is 5. The third kappa shape index (κ3) is 5.41. The van der Waals surface area contributed by atoms with E-state index in [4.69, 9.17) is 15.0 Å². The van der Waals surface area contributed by atoms with E-state index in [1.165, 1.54) is 83.6 Å². The van der Waals surface area contributed by atoms with Crippen molar-refractivity contribution >= 4 is 57.2 Å². The van der Waals surface area contributed by atoms with E-state index in [2.05, 4.69) is 216 Å². The van der Waals surface area contributed by atoms with E-state index in [1.807, 2.05) is 36.4 Å². The van der Waals surface area contributed by atoms with Crippen molar-refractivity contribution in [3.05, 3.63) is 265 Å². The summed E-state index contributed by atoms with van der Waals surface area (Å²) >= 11 is 0. The van der Waals surface area contributed by atoms with Crippen LogP contribution in [0.25, 0.3) is 56.4 Å². The second-order valence-electron chi connectivity index (χ2n) is 18.6. The van der Waals surface area contributed by atoms with Crippen LogP contribution >= 0.6 is 0 Å². The highest BCUT2D eigenvalue weighted by Crippen LogP contribution is 2.64. The lowest BCUT2D eigenvalue weighted by atomic mass is 9.33. The number of para-hydroxylation sites is 3. The molecule has 6 heteroatoms. The average Bonchev–Trinajstić information content (AvgIpc) is 3.90. The highest BCUT2D eigenvalue weighted by atomic mass is 15.2. The van der Waals surface area contributed by atoms with Crippen LogP contribution in [0.3, 0.4) is 0 Å². The van der Waals surface area contributed by atoms with Gasteiger partial charge in [-0.2, -0.15) is 0 Å². The molecule has 1 atom stereocenters. The standard InChI is InChI=1S/C64H40BN5/c1-5-20-41(21-6-1)61-66-62(42-22-7-2-8-23-42)68-63(67-61)43-36-37-48-46-28-13-15-30-50(46)64(52(48)38-43)51-31-16-14-29-47(51)49-39-55-59(40-53(49)64)70(45-26-11-4-12-27-45)58-35-19-34-57-60(58)65(55)54-32-17-18-33-56(54)69(57)44-24-9-3-10-25-44/h1-40H. The number of hydrogen-bond acceptors (Lipinski definition) is 5. The number of benzene rings is 10. The summed E-state index contributed by atoms with van der Waals surface area (Å²) in [6.07, 6.45) is 0. The lowest BCUT2D eigenvalue weighted by Crippen LogP contribution is -2.61. The van der Waals surface area contributed by atoms with Crippen LogP contribution in [0.4, 0.5) is 34.1 Å². The summed E-state index contributed by atoms with van der Waals surface area (Å²) in [4.78, 5) is 20.5. The molecule has 10 aromatic carbocycles. The molecule has 0 N–H and O–H groups in total. The van der Waals surface area contributed by atoms with E-state index >= 15 is 0 Å². The minimum Gasteiger partial charge on any atom is -0.311 e.